The van der Waals surface area contributed by atoms with Crippen LogP contribution in [0.2, 0.25) is 0 Å². The molecule has 1 saturated heterocycles. The highest BCUT2D eigenvalue weighted by Crippen LogP contribution is 2.37. The third kappa shape index (κ3) is 2.88. The van der Waals surface area contributed by atoms with Gasteiger partial charge in [0.05, 0.1) is 24.5 Å². The van der Waals surface area contributed by atoms with Gasteiger partial charge < -0.3 is 19.7 Å². The maximum Gasteiger partial charge on any atom is 0.230 e. The van der Waals surface area contributed by atoms with Crippen LogP contribution in [-0.4, -0.2) is 25.0 Å². The van der Waals surface area contributed by atoms with E-state index in [1.54, 1.807) is 0 Å². The van der Waals surface area contributed by atoms with E-state index in [0.29, 0.717) is 19.1 Å². The van der Waals surface area contributed by atoms with Gasteiger partial charge in [-0.1, -0.05) is 17.3 Å². The van der Waals surface area contributed by atoms with E-state index in [9.17, 15) is 0 Å². The topological polar surface area (TPSA) is 70.5 Å². The monoisotopic (exact) mass is 288 g/mol. The average Bonchev–Trinajstić information content (AvgIpc) is 2.91. The van der Waals surface area contributed by atoms with Crippen molar-refractivity contribution < 1.29 is 14.0 Å². The number of nitrogens with two attached hydrogens (primary N) is 1. The molecule has 3 rings (SSSR count). The fourth-order valence-corrected chi connectivity index (χ4v) is 2.73. The van der Waals surface area contributed by atoms with Crippen LogP contribution in [-0.2, 0) is 4.74 Å². The summed E-state index contributed by atoms with van der Waals surface area (Å²) in [5.41, 5.74) is 8.76. The predicted molar refractivity (Wildman–Crippen MR) is 80.3 cm³/mol. The lowest BCUT2D eigenvalue weighted by Crippen LogP contribution is -2.16. The minimum Gasteiger partial charge on any atom is -0.494 e. The van der Waals surface area contributed by atoms with Crippen molar-refractivity contribution in [2.75, 3.05) is 25.6 Å². The summed E-state index contributed by atoms with van der Waals surface area (Å²) in [5, 5.41) is 4.16. The van der Waals surface area contributed by atoms with Crippen molar-refractivity contribution in [3.63, 3.8) is 0 Å². The molecule has 1 unspecified atom stereocenters. The Morgan fingerprint density at radius 2 is 2.14 bits per heavy atom. The molecule has 1 aromatic heterocycles. The molecule has 1 fully saturated rings. The first-order chi connectivity index (χ1) is 10.3. The van der Waals surface area contributed by atoms with Crippen LogP contribution >= 0.6 is 0 Å². The third-order valence-electron chi connectivity index (χ3n) is 3.75. The van der Waals surface area contributed by atoms with E-state index in [1.165, 1.54) is 0 Å². The summed E-state index contributed by atoms with van der Waals surface area (Å²) >= 11 is 0. The van der Waals surface area contributed by atoms with Gasteiger partial charge >= 0.3 is 0 Å². The summed E-state index contributed by atoms with van der Waals surface area (Å²) in [6.45, 7) is 4.12. The van der Waals surface area contributed by atoms with Crippen molar-refractivity contribution in [1.29, 1.82) is 0 Å². The maximum atomic E-state index is 5.98. The molecule has 1 aromatic carbocycles. The molecule has 0 spiro atoms. The van der Waals surface area contributed by atoms with Gasteiger partial charge in [0.2, 0.25) is 5.88 Å². The van der Waals surface area contributed by atoms with Gasteiger partial charge in [0.15, 0.2) is 0 Å². The van der Waals surface area contributed by atoms with Gasteiger partial charge in [-0.2, -0.15) is 0 Å². The molecular weight excluding hydrogens is 268 g/mol. The van der Waals surface area contributed by atoms with Crippen LogP contribution in [0, 0.1) is 0 Å². The van der Waals surface area contributed by atoms with Crippen LogP contribution < -0.4 is 10.5 Å². The molecule has 0 aliphatic carbocycles. The Balaban J connectivity index is 1.91. The molecular formula is C16H20N2O3. The lowest BCUT2D eigenvalue weighted by Gasteiger charge is -2.20. The van der Waals surface area contributed by atoms with Crippen molar-refractivity contribution >= 4 is 5.88 Å². The number of hydrogen-bond acceptors (Lipinski definition) is 5. The number of anilines is 1. The highest BCUT2D eigenvalue weighted by Gasteiger charge is 2.25. The lowest BCUT2D eigenvalue weighted by atomic mass is 9.92. The van der Waals surface area contributed by atoms with Crippen LogP contribution in [0.15, 0.2) is 28.8 Å². The normalized spacial score (nSPS) is 18.6. The van der Waals surface area contributed by atoms with E-state index in [-0.39, 0.29) is 5.92 Å². The molecule has 0 bridgehead atoms. The van der Waals surface area contributed by atoms with Crippen molar-refractivity contribution in [3.05, 3.63) is 30.0 Å². The van der Waals surface area contributed by atoms with E-state index in [1.807, 2.05) is 31.2 Å². The van der Waals surface area contributed by atoms with E-state index in [2.05, 4.69) is 5.16 Å². The molecule has 5 nitrogen and oxygen atoms in total. The van der Waals surface area contributed by atoms with Crippen molar-refractivity contribution in [2.24, 2.45) is 0 Å². The van der Waals surface area contributed by atoms with E-state index in [4.69, 9.17) is 19.7 Å². The summed E-state index contributed by atoms with van der Waals surface area (Å²) in [6.07, 6.45) is 2.09. The average molecular weight is 288 g/mol. The number of benzene rings is 1. The Kier molecular flexibility index (Phi) is 4.10. The minimum atomic E-state index is 0.251. The second-order valence-electron chi connectivity index (χ2n) is 5.18. The fourth-order valence-electron chi connectivity index (χ4n) is 2.73. The molecule has 0 saturated carbocycles. The van der Waals surface area contributed by atoms with Gasteiger partial charge in [-0.15, -0.1) is 0 Å². The maximum absolute atomic E-state index is 5.98. The first-order valence-electron chi connectivity index (χ1n) is 7.35. The third-order valence-corrected chi connectivity index (χ3v) is 3.75. The van der Waals surface area contributed by atoms with Crippen LogP contribution in [0.25, 0.3) is 11.1 Å². The summed E-state index contributed by atoms with van der Waals surface area (Å²) < 4.78 is 16.2. The second kappa shape index (κ2) is 6.18. The van der Waals surface area contributed by atoms with Gasteiger partial charge in [-0.05, 0) is 37.5 Å². The van der Waals surface area contributed by atoms with Gasteiger partial charge in [-0.3, -0.25) is 0 Å². The standard InChI is InChI=1S/C16H20N2O3/c1-2-20-13-7-5-11(6-8-13)14-15(18-21-16(14)17)12-4-3-9-19-10-12/h5-8,12H,2-4,9-10,17H2,1H3. The summed E-state index contributed by atoms with van der Waals surface area (Å²) in [7, 11) is 0. The van der Waals surface area contributed by atoms with Crippen molar-refractivity contribution in [2.45, 2.75) is 25.7 Å². The zero-order valence-corrected chi connectivity index (χ0v) is 12.2. The lowest BCUT2D eigenvalue weighted by molar-refractivity contribution is 0.0785. The number of aromatic nitrogens is 1. The van der Waals surface area contributed by atoms with Gasteiger partial charge in [-0.25, -0.2) is 0 Å². The first kappa shape index (κ1) is 13.9. The second-order valence-corrected chi connectivity index (χ2v) is 5.18. The highest BCUT2D eigenvalue weighted by atomic mass is 16.5. The van der Waals surface area contributed by atoms with Crippen LogP contribution in [0.4, 0.5) is 5.88 Å². The van der Waals surface area contributed by atoms with Gasteiger partial charge in [0.25, 0.3) is 0 Å². The molecule has 1 aliphatic heterocycles. The summed E-state index contributed by atoms with van der Waals surface area (Å²) in [4.78, 5) is 0. The number of rotatable bonds is 4. The fraction of sp³-hybridized carbons (Fsp3) is 0.438. The molecule has 2 aromatic rings. The predicted octanol–water partition coefficient (Wildman–Crippen LogP) is 3.22. The zero-order valence-electron chi connectivity index (χ0n) is 12.2. The van der Waals surface area contributed by atoms with Crippen molar-refractivity contribution in [1.82, 2.24) is 5.16 Å². The Bertz CT molecular complexity index is 586. The smallest absolute Gasteiger partial charge is 0.230 e. The molecule has 5 heteroatoms. The van der Waals surface area contributed by atoms with Crippen LogP contribution in [0.5, 0.6) is 5.75 Å². The summed E-state index contributed by atoms with van der Waals surface area (Å²) in [6, 6.07) is 7.85. The molecule has 0 radical (unpaired) electrons. The minimum absolute atomic E-state index is 0.251. The number of nitrogens with zero attached hydrogens (tertiary/aromatic N) is 1. The van der Waals surface area contributed by atoms with E-state index >= 15 is 0 Å². The molecule has 2 heterocycles. The largest absolute Gasteiger partial charge is 0.494 e. The molecule has 112 valence electrons. The Morgan fingerprint density at radius 3 is 2.81 bits per heavy atom. The molecule has 1 aliphatic rings. The van der Waals surface area contributed by atoms with Gasteiger partial charge in [0, 0.05) is 12.5 Å². The number of nitrogen functional groups attached to an aromatic ring is 1. The molecule has 21 heavy (non-hydrogen) atoms. The van der Waals surface area contributed by atoms with Gasteiger partial charge in [0.1, 0.15) is 5.75 Å². The van der Waals surface area contributed by atoms with Crippen LogP contribution in [0.3, 0.4) is 0 Å². The first-order valence-corrected chi connectivity index (χ1v) is 7.35. The quantitative estimate of drug-likeness (QED) is 0.935. The Hall–Kier alpha value is -2.01. The number of ether oxygens (including phenoxy) is 2. The Labute approximate surface area is 124 Å². The zero-order chi connectivity index (χ0) is 14.7. The van der Waals surface area contributed by atoms with E-state index < -0.39 is 0 Å². The SMILES string of the molecule is CCOc1ccc(-c2c(C3CCCOC3)noc2N)cc1. The van der Waals surface area contributed by atoms with Crippen LogP contribution in [0.1, 0.15) is 31.4 Å². The molecule has 1 atom stereocenters. The van der Waals surface area contributed by atoms with Crippen molar-refractivity contribution in [3.8, 4) is 16.9 Å². The van der Waals surface area contributed by atoms with E-state index in [0.717, 1.165) is 42.0 Å². The Morgan fingerprint density at radius 1 is 1.33 bits per heavy atom. The highest BCUT2D eigenvalue weighted by molar-refractivity contribution is 5.76. The molecule has 0 amide bonds. The summed E-state index contributed by atoms with van der Waals surface area (Å²) in [5.74, 6) is 1.46. The molecule has 2 N–H and O–H groups in total. The number of hydrogen-bond donors (Lipinski definition) is 1.